The highest BCUT2D eigenvalue weighted by Crippen LogP contribution is 2.14. The Kier molecular flexibility index (Phi) is 1.90. The van der Waals surface area contributed by atoms with E-state index in [4.69, 9.17) is 5.11 Å². The molecule has 0 fully saturated rings. The first-order valence-electron chi connectivity index (χ1n) is 3.21. The maximum atomic E-state index is 12.5. The summed E-state index contributed by atoms with van der Waals surface area (Å²) in [5, 5.41) is 8.88. The van der Waals surface area contributed by atoms with Crippen LogP contribution in [-0.4, -0.2) is 5.11 Å². The Bertz CT molecular complexity index is 212. The van der Waals surface area contributed by atoms with Crippen LogP contribution in [0.4, 0.5) is 4.39 Å². The molecular formula is C8H9FO. The van der Waals surface area contributed by atoms with Crippen LogP contribution < -0.4 is 0 Å². The lowest BCUT2D eigenvalue weighted by molar-refractivity contribution is 0.468. The molecule has 0 saturated heterocycles. The van der Waals surface area contributed by atoms with E-state index in [1.54, 1.807) is 6.07 Å². The molecule has 0 radical (unpaired) electrons. The first-order chi connectivity index (χ1) is 4.72. The molecule has 1 N–H and O–H groups in total. The van der Waals surface area contributed by atoms with E-state index in [1.165, 1.54) is 6.07 Å². The molecule has 0 amide bonds. The van der Waals surface area contributed by atoms with Crippen molar-refractivity contribution in [3.63, 3.8) is 0 Å². The molecule has 0 aliphatic rings. The van der Waals surface area contributed by atoms with Gasteiger partial charge in [-0.1, -0.05) is 6.92 Å². The van der Waals surface area contributed by atoms with Gasteiger partial charge in [-0.15, -0.1) is 0 Å². The molecule has 1 aromatic carbocycles. The van der Waals surface area contributed by atoms with Crippen LogP contribution in [0.2, 0.25) is 0 Å². The predicted octanol–water partition coefficient (Wildman–Crippen LogP) is 2.09. The van der Waals surface area contributed by atoms with Gasteiger partial charge in [0, 0.05) is 6.07 Å². The van der Waals surface area contributed by atoms with Crippen LogP contribution in [-0.2, 0) is 6.42 Å². The first-order valence-corrected chi connectivity index (χ1v) is 3.21. The van der Waals surface area contributed by atoms with Gasteiger partial charge in [0.1, 0.15) is 11.6 Å². The summed E-state index contributed by atoms with van der Waals surface area (Å²) >= 11 is 0. The molecule has 0 bridgehead atoms. The Morgan fingerprint density at radius 2 is 2.10 bits per heavy atom. The zero-order valence-electron chi connectivity index (χ0n) is 5.76. The highest BCUT2D eigenvalue weighted by atomic mass is 19.1. The van der Waals surface area contributed by atoms with E-state index in [2.05, 4.69) is 0 Å². The van der Waals surface area contributed by atoms with Gasteiger partial charge in [0.15, 0.2) is 0 Å². The zero-order chi connectivity index (χ0) is 7.56. The van der Waals surface area contributed by atoms with Gasteiger partial charge in [-0.2, -0.15) is 0 Å². The number of rotatable bonds is 1. The Balaban J connectivity index is 3.06. The summed E-state index contributed by atoms with van der Waals surface area (Å²) in [6.45, 7) is 1.91. The summed E-state index contributed by atoms with van der Waals surface area (Å²) in [6.07, 6.45) is 0.741. The first kappa shape index (κ1) is 7.06. The molecule has 0 saturated carbocycles. The van der Waals surface area contributed by atoms with E-state index in [-0.39, 0.29) is 11.6 Å². The number of benzene rings is 1. The highest BCUT2D eigenvalue weighted by molar-refractivity contribution is 5.28. The molecule has 10 heavy (non-hydrogen) atoms. The summed E-state index contributed by atoms with van der Waals surface area (Å²) in [7, 11) is 0. The van der Waals surface area contributed by atoms with Crippen molar-refractivity contribution in [1.82, 2.24) is 0 Å². The molecule has 0 spiro atoms. The summed E-state index contributed by atoms with van der Waals surface area (Å²) < 4.78 is 12.5. The summed E-state index contributed by atoms with van der Waals surface area (Å²) in [5.74, 6) is -0.381. The molecule has 2 heteroatoms. The Hall–Kier alpha value is -1.05. The molecule has 0 aliphatic heterocycles. The van der Waals surface area contributed by atoms with Crippen LogP contribution in [0.3, 0.4) is 0 Å². The third kappa shape index (κ3) is 1.47. The third-order valence-electron chi connectivity index (χ3n) is 1.35. The van der Waals surface area contributed by atoms with Crippen LogP contribution in [0.15, 0.2) is 18.2 Å². The third-order valence-corrected chi connectivity index (χ3v) is 1.35. The second-order valence-corrected chi connectivity index (χ2v) is 2.17. The van der Waals surface area contributed by atoms with E-state index in [0.29, 0.717) is 0 Å². The number of hydrogen-bond acceptors (Lipinski definition) is 1. The van der Waals surface area contributed by atoms with Crippen molar-refractivity contribution in [1.29, 1.82) is 0 Å². The van der Waals surface area contributed by atoms with Crippen molar-refractivity contribution >= 4 is 0 Å². The van der Waals surface area contributed by atoms with Crippen LogP contribution in [0, 0.1) is 5.82 Å². The molecular weight excluding hydrogens is 131 g/mol. The van der Waals surface area contributed by atoms with Crippen molar-refractivity contribution in [3.8, 4) is 5.75 Å². The van der Waals surface area contributed by atoms with E-state index in [9.17, 15) is 4.39 Å². The van der Waals surface area contributed by atoms with Gasteiger partial charge >= 0.3 is 0 Å². The maximum Gasteiger partial charge on any atom is 0.127 e. The largest absolute Gasteiger partial charge is 0.508 e. The Morgan fingerprint density at radius 1 is 1.40 bits per heavy atom. The van der Waals surface area contributed by atoms with Crippen LogP contribution in [0.1, 0.15) is 12.5 Å². The van der Waals surface area contributed by atoms with Crippen molar-refractivity contribution < 1.29 is 9.50 Å². The minimum Gasteiger partial charge on any atom is -0.508 e. The van der Waals surface area contributed by atoms with Gasteiger partial charge < -0.3 is 5.11 Å². The molecule has 0 atom stereocenters. The number of aromatic hydroxyl groups is 1. The lowest BCUT2D eigenvalue weighted by Gasteiger charge is -1.96. The molecule has 54 valence electrons. The number of aryl methyl sites for hydroxylation is 1. The Morgan fingerprint density at radius 3 is 2.60 bits per heavy atom. The van der Waals surface area contributed by atoms with Gasteiger partial charge in [-0.3, -0.25) is 0 Å². The van der Waals surface area contributed by atoms with Gasteiger partial charge in [0.2, 0.25) is 0 Å². The quantitative estimate of drug-likeness (QED) is 0.633. The minimum absolute atomic E-state index is 0.00292. The molecule has 0 heterocycles. The van der Waals surface area contributed by atoms with E-state index in [1.807, 2.05) is 6.92 Å². The van der Waals surface area contributed by atoms with Gasteiger partial charge in [0.05, 0.1) is 0 Å². The average Bonchev–Trinajstić information content (AvgIpc) is 1.85. The van der Waals surface area contributed by atoms with Gasteiger partial charge in [0.25, 0.3) is 0 Å². The van der Waals surface area contributed by atoms with Gasteiger partial charge in [-0.05, 0) is 24.1 Å². The van der Waals surface area contributed by atoms with Crippen molar-refractivity contribution in [2.45, 2.75) is 13.3 Å². The second kappa shape index (κ2) is 2.69. The molecule has 0 aromatic heterocycles. The maximum absolute atomic E-state index is 12.5. The molecule has 0 aliphatic carbocycles. The van der Waals surface area contributed by atoms with Crippen molar-refractivity contribution in [2.24, 2.45) is 0 Å². The lowest BCUT2D eigenvalue weighted by atomic mass is 10.1. The smallest absolute Gasteiger partial charge is 0.127 e. The van der Waals surface area contributed by atoms with E-state index >= 15 is 0 Å². The summed E-state index contributed by atoms with van der Waals surface area (Å²) in [5.41, 5.74) is 0.817. The zero-order valence-corrected chi connectivity index (χ0v) is 5.76. The molecule has 1 aromatic rings. The summed E-state index contributed by atoms with van der Waals surface area (Å²) in [6, 6.07) is 4.07. The molecule has 0 unspecified atom stereocenters. The highest BCUT2D eigenvalue weighted by Gasteiger charge is 1.95. The Labute approximate surface area is 59.1 Å². The number of phenols is 1. The number of hydrogen-bond donors (Lipinski definition) is 1. The predicted molar refractivity (Wildman–Crippen MR) is 37.4 cm³/mol. The fraction of sp³-hybridized carbons (Fsp3) is 0.250. The second-order valence-electron chi connectivity index (χ2n) is 2.17. The van der Waals surface area contributed by atoms with Crippen molar-refractivity contribution in [3.05, 3.63) is 29.6 Å². The minimum atomic E-state index is -0.378. The molecule has 1 nitrogen and oxygen atoms in total. The number of phenolic OH excluding ortho intramolecular Hbond substituents is 1. The normalized spacial score (nSPS) is 9.80. The monoisotopic (exact) mass is 140 g/mol. The summed E-state index contributed by atoms with van der Waals surface area (Å²) in [4.78, 5) is 0. The fourth-order valence-corrected chi connectivity index (χ4v) is 0.837. The van der Waals surface area contributed by atoms with Gasteiger partial charge in [-0.25, -0.2) is 4.39 Å². The SMILES string of the molecule is CCc1cc(O)cc(F)c1. The average molecular weight is 140 g/mol. The number of halogens is 1. The molecule has 1 rings (SSSR count). The van der Waals surface area contributed by atoms with Crippen LogP contribution in [0.25, 0.3) is 0 Å². The fourth-order valence-electron chi connectivity index (χ4n) is 0.837. The van der Waals surface area contributed by atoms with Crippen LogP contribution >= 0.6 is 0 Å². The van der Waals surface area contributed by atoms with Crippen molar-refractivity contribution in [2.75, 3.05) is 0 Å². The lowest BCUT2D eigenvalue weighted by Crippen LogP contribution is -1.81. The van der Waals surface area contributed by atoms with Crippen LogP contribution in [0.5, 0.6) is 5.75 Å². The van der Waals surface area contributed by atoms with E-state index < -0.39 is 0 Å². The topological polar surface area (TPSA) is 20.2 Å². The standard InChI is InChI=1S/C8H9FO/c1-2-6-3-7(9)5-8(10)4-6/h3-5,10H,2H2,1H3. The van der Waals surface area contributed by atoms with E-state index in [0.717, 1.165) is 18.1 Å².